The lowest BCUT2D eigenvalue weighted by Gasteiger charge is -2.01. The molecule has 76 valence electrons. The van der Waals surface area contributed by atoms with Gasteiger partial charge >= 0.3 is 0 Å². The Bertz CT molecular complexity index is 460. The summed E-state index contributed by atoms with van der Waals surface area (Å²) in [7, 11) is 0. The molecule has 0 saturated carbocycles. The summed E-state index contributed by atoms with van der Waals surface area (Å²) in [6.45, 7) is 0. The summed E-state index contributed by atoms with van der Waals surface area (Å²) in [5, 5.41) is 0.492. The minimum atomic E-state index is 0.00185. The van der Waals surface area contributed by atoms with Crippen LogP contribution in [0, 0.1) is 0 Å². The highest BCUT2D eigenvalue weighted by Gasteiger charge is 2.10. The van der Waals surface area contributed by atoms with Gasteiger partial charge in [0.05, 0.1) is 17.5 Å². The second-order valence-corrected chi connectivity index (χ2v) is 3.62. The van der Waals surface area contributed by atoms with Crippen molar-refractivity contribution in [2.24, 2.45) is 0 Å². The molecule has 0 unspecified atom stereocenters. The molecule has 15 heavy (non-hydrogen) atoms. The van der Waals surface area contributed by atoms with Crippen molar-refractivity contribution in [2.45, 2.75) is 6.42 Å². The van der Waals surface area contributed by atoms with Gasteiger partial charge in [-0.1, -0.05) is 23.7 Å². The van der Waals surface area contributed by atoms with E-state index in [-0.39, 0.29) is 5.78 Å². The number of halogens is 1. The number of Topliss-reactive ketones (excluding diaryl/α,β-unsaturated/α-hetero) is 1. The summed E-state index contributed by atoms with van der Waals surface area (Å²) in [4.78, 5) is 11.8. The van der Waals surface area contributed by atoms with Gasteiger partial charge in [-0.05, 0) is 23.8 Å². The summed E-state index contributed by atoms with van der Waals surface area (Å²) < 4.78 is 4.90. The van der Waals surface area contributed by atoms with Crippen LogP contribution >= 0.6 is 11.6 Å². The molecule has 0 atom stereocenters. The van der Waals surface area contributed by atoms with Crippen LogP contribution in [0.5, 0.6) is 0 Å². The van der Waals surface area contributed by atoms with Crippen LogP contribution < -0.4 is 0 Å². The first-order chi connectivity index (χ1) is 7.27. The van der Waals surface area contributed by atoms with Crippen LogP contribution in [-0.2, 0) is 6.42 Å². The molecule has 0 N–H and O–H groups in total. The average molecular weight is 221 g/mol. The van der Waals surface area contributed by atoms with Gasteiger partial charge in [-0.15, -0.1) is 0 Å². The van der Waals surface area contributed by atoms with E-state index in [1.54, 1.807) is 42.9 Å². The van der Waals surface area contributed by atoms with Crippen molar-refractivity contribution < 1.29 is 9.21 Å². The highest BCUT2D eigenvalue weighted by molar-refractivity contribution is 6.34. The second kappa shape index (κ2) is 4.32. The van der Waals surface area contributed by atoms with E-state index in [0.717, 1.165) is 5.56 Å². The third-order valence-corrected chi connectivity index (χ3v) is 2.45. The van der Waals surface area contributed by atoms with E-state index >= 15 is 0 Å². The summed E-state index contributed by atoms with van der Waals surface area (Å²) in [6.07, 6.45) is 3.43. The molecule has 2 rings (SSSR count). The number of rotatable bonds is 3. The zero-order chi connectivity index (χ0) is 10.7. The number of ketones is 1. The summed E-state index contributed by atoms with van der Waals surface area (Å²) in [6, 6.07) is 8.81. The van der Waals surface area contributed by atoms with Gasteiger partial charge in [-0.2, -0.15) is 0 Å². The minimum absolute atomic E-state index is 0.00185. The van der Waals surface area contributed by atoms with Crippen LogP contribution in [0.2, 0.25) is 5.02 Å². The second-order valence-electron chi connectivity index (χ2n) is 3.21. The predicted molar refractivity (Wildman–Crippen MR) is 58.2 cm³/mol. The first kappa shape index (κ1) is 9.99. The summed E-state index contributed by atoms with van der Waals surface area (Å²) >= 11 is 5.91. The number of carbonyl (C=O) groups excluding carboxylic acids is 1. The van der Waals surface area contributed by atoms with Crippen molar-refractivity contribution in [1.82, 2.24) is 0 Å². The van der Waals surface area contributed by atoms with Crippen LogP contribution in [0.15, 0.2) is 47.3 Å². The number of hydrogen-bond acceptors (Lipinski definition) is 2. The van der Waals surface area contributed by atoms with Crippen LogP contribution in [-0.4, -0.2) is 5.78 Å². The van der Waals surface area contributed by atoms with Gasteiger partial charge in [0.15, 0.2) is 5.78 Å². The maximum Gasteiger partial charge on any atom is 0.168 e. The fraction of sp³-hybridized carbons (Fsp3) is 0.0833. The molecule has 1 heterocycles. The van der Waals surface area contributed by atoms with E-state index in [0.29, 0.717) is 17.0 Å². The Morgan fingerprint density at radius 2 is 2.07 bits per heavy atom. The third kappa shape index (κ3) is 2.28. The molecule has 0 aliphatic heterocycles. The van der Waals surface area contributed by atoms with Crippen molar-refractivity contribution >= 4 is 17.4 Å². The first-order valence-corrected chi connectivity index (χ1v) is 4.94. The molecule has 0 fully saturated rings. The van der Waals surface area contributed by atoms with Crippen molar-refractivity contribution in [3.05, 3.63) is 59.0 Å². The van der Waals surface area contributed by atoms with Crippen LogP contribution in [0.25, 0.3) is 0 Å². The highest BCUT2D eigenvalue weighted by atomic mass is 35.5. The Labute approximate surface area is 92.5 Å². The topological polar surface area (TPSA) is 30.2 Å². The van der Waals surface area contributed by atoms with Gasteiger partial charge in [0.1, 0.15) is 0 Å². The van der Waals surface area contributed by atoms with Crippen molar-refractivity contribution in [3.63, 3.8) is 0 Å². The van der Waals surface area contributed by atoms with Gasteiger partial charge in [-0.3, -0.25) is 4.79 Å². The normalized spacial score (nSPS) is 10.2. The van der Waals surface area contributed by atoms with Gasteiger partial charge in [-0.25, -0.2) is 0 Å². The molecule has 0 amide bonds. The van der Waals surface area contributed by atoms with Crippen LogP contribution in [0.4, 0.5) is 0 Å². The standard InChI is InChI=1S/C12H9ClO2/c13-11-4-2-1-3-10(11)12(14)7-9-5-6-15-8-9/h1-6,8H,7H2. The molecule has 2 aromatic rings. The SMILES string of the molecule is O=C(Cc1ccoc1)c1ccccc1Cl. The van der Waals surface area contributed by atoms with E-state index < -0.39 is 0 Å². The molecule has 3 heteroatoms. The number of furan rings is 1. The van der Waals surface area contributed by atoms with Crippen molar-refractivity contribution in [2.75, 3.05) is 0 Å². The molecule has 0 spiro atoms. The summed E-state index contributed by atoms with van der Waals surface area (Å²) in [5.74, 6) is 0.00185. The Hall–Kier alpha value is -1.54. The Morgan fingerprint density at radius 1 is 1.27 bits per heavy atom. The van der Waals surface area contributed by atoms with Crippen LogP contribution in [0.1, 0.15) is 15.9 Å². The molecule has 1 aromatic heterocycles. The van der Waals surface area contributed by atoms with Crippen LogP contribution in [0.3, 0.4) is 0 Å². The van der Waals surface area contributed by atoms with E-state index in [2.05, 4.69) is 0 Å². The Kier molecular flexibility index (Phi) is 2.88. The molecular weight excluding hydrogens is 212 g/mol. The van der Waals surface area contributed by atoms with Crippen molar-refractivity contribution in [3.8, 4) is 0 Å². The molecule has 2 nitrogen and oxygen atoms in total. The zero-order valence-corrected chi connectivity index (χ0v) is 8.70. The fourth-order valence-corrected chi connectivity index (χ4v) is 1.60. The van der Waals surface area contributed by atoms with E-state index in [9.17, 15) is 4.79 Å². The van der Waals surface area contributed by atoms with E-state index in [1.165, 1.54) is 0 Å². The third-order valence-electron chi connectivity index (χ3n) is 2.12. The Balaban J connectivity index is 2.19. The molecule has 0 aliphatic carbocycles. The quantitative estimate of drug-likeness (QED) is 0.743. The lowest BCUT2D eigenvalue weighted by Crippen LogP contribution is -2.03. The number of carbonyl (C=O) groups is 1. The molecular formula is C12H9ClO2. The average Bonchev–Trinajstić information content (AvgIpc) is 2.71. The Morgan fingerprint density at radius 3 is 2.73 bits per heavy atom. The van der Waals surface area contributed by atoms with E-state index in [4.69, 9.17) is 16.0 Å². The van der Waals surface area contributed by atoms with E-state index in [1.807, 2.05) is 0 Å². The largest absolute Gasteiger partial charge is 0.472 e. The smallest absolute Gasteiger partial charge is 0.168 e. The van der Waals surface area contributed by atoms with Crippen molar-refractivity contribution in [1.29, 1.82) is 0 Å². The van der Waals surface area contributed by atoms with Gasteiger partial charge in [0, 0.05) is 12.0 Å². The van der Waals surface area contributed by atoms with Gasteiger partial charge in [0.2, 0.25) is 0 Å². The van der Waals surface area contributed by atoms with Gasteiger partial charge < -0.3 is 4.42 Å². The lowest BCUT2D eigenvalue weighted by atomic mass is 10.1. The highest BCUT2D eigenvalue weighted by Crippen LogP contribution is 2.17. The molecule has 0 bridgehead atoms. The van der Waals surface area contributed by atoms with Gasteiger partial charge in [0.25, 0.3) is 0 Å². The molecule has 0 radical (unpaired) electrons. The maximum absolute atomic E-state index is 11.8. The molecule has 0 saturated heterocycles. The molecule has 0 aliphatic rings. The maximum atomic E-state index is 11.8. The zero-order valence-electron chi connectivity index (χ0n) is 7.94. The monoisotopic (exact) mass is 220 g/mol. The number of hydrogen-bond donors (Lipinski definition) is 0. The predicted octanol–water partition coefficient (Wildman–Crippen LogP) is 3.36. The summed E-state index contributed by atoms with van der Waals surface area (Å²) in [5.41, 5.74) is 1.42. The fourth-order valence-electron chi connectivity index (χ4n) is 1.36. The lowest BCUT2D eigenvalue weighted by molar-refractivity contribution is 0.0993. The molecule has 1 aromatic carbocycles. The first-order valence-electron chi connectivity index (χ1n) is 4.56. The number of benzene rings is 1. The minimum Gasteiger partial charge on any atom is -0.472 e.